The molecule has 0 saturated heterocycles. The highest BCUT2D eigenvalue weighted by atomic mass is 16.5. The summed E-state index contributed by atoms with van der Waals surface area (Å²) in [4.78, 5) is 15.4. The number of rotatable bonds is 5. The molecule has 0 atom stereocenters. The number of ether oxygens (including phenoxy) is 1. The molecule has 0 aliphatic carbocycles. The van der Waals surface area contributed by atoms with E-state index in [1.807, 2.05) is 18.2 Å². The maximum Gasteiger partial charge on any atom is 0.415 e. The van der Waals surface area contributed by atoms with Gasteiger partial charge in [-0.2, -0.15) is 0 Å². The van der Waals surface area contributed by atoms with E-state index in [1.54, 1.807) is 24.4 Å². The Hall–Kier alpha value is -3.02. The van der Waals surface area contributed by atoms with Crippen molar-refractivity contribution in [2.75, 3.05) is 5.32 Å². The first-order chi connectivity index (χ1) is 11.5. The molecule has 0 amide bonds. The Balaban J connectivity index is 1.73. The van der Waals surface area contributed by atoms with Gasteiger partial charge in [0.05, 0.1) is 5.52 Å². The number of carbonyl (C=O) groups is 1. The molecule has 2 heterocycles. The standard InChI is InChI=1S/C18H19N3O3/c1-12(2)20-17-9-13(5-7-19-17)11-24-15-3-4-16-14(10-15)6-8-21(16)18(22)23/h3-10,12H,11H2,1-2H3,(H,19,20)(H,22,23). The van der Waals surface area contributed by atoms with Gasteiger partial charge >= 0.3 is 6.09 Å². The highest BCUT2D eigenvalue weighted by molar-refractivity contribution is 5.89. The molecule has 0 saturated carbocycles. The number of benzene rings is 1. The smallest absolute Gasteiger partial charge is 0.415 e. The third-order valence-electron chi connectivity index (χ3n) is 3.53. The minimum absolute atomic E-state index is 0.314. The zero-order valence-corrected chi connectivity index (χ0v) is 13.6. The lowest BCUT2D eigenvalue weighted by Gasteiger charge is -2.11. The number of fused-ring (bicyclic) bond motifs is 1. The fourth-order valence-electron chi connectivity index (χ4n) is 2.48. The molecule has 0 fully saturated rings. The van der Waals surface area contributed by atoms with Crippen LogP contribution in [-0.2, 0) is 6.61 Å². The SMILES string of the molecule is CC(C)Nc1cc(COc2ccc3c(ccn3C(=O)O)c2)ccn1. The first-order valence-electron chi connectivity index (χ1n) is 7.71. The van der Waals surface area contributed by atoms with Crippen molar-refractivity contribution >= 4 is 22.8 Å². The van der Waals surface area contributed by atoms with Crippen molar-refractivity contribution < 1.29 is 14.6 Å². The van der Waals surface area contributed by atoms with E-state index >= 15 is 0 Å². The highest BCUT2D eigenvalue weighted by Crippen LogP contribution is 2.23. The molecule has 0 unspecified atom stereocenters. The number of hydrogen-bond acceptors (Lipinski definition) is 4. The van der Waals surface area contributed by atoms with Crippen molar-refractivity contribution in [1.29, 1.82) is 0 Å². The van der Waals surface area contributed by atoms with E-state index in [-0.39, 0.29) is 0 Å². The van der Waals surface area contributed by atoms with Gasteiger partial charge in [0.2, 0.25) is 0 Å². The first-order valence-corrected chi connectivity index (χ1v) is 7.71. The van der Waals surface area contributed by atoms with E-state index in [0.29, 0.717) is 23.9 Å². The van der Waals surface area contributed by atoms with Gasteiger partial charge in [-0.15, -0.1) is 0 Å². The molecule has 2 aromatic heterocycles. The van der Waals surface area contributed by atoms with Crippen molar-refractivity contribution in [1.82, 2.24) is 9.55 Å². The predicted octanol–water partition coefficient (Wildman–Crippen LogP) is 3.96. The van der Waals surface area contributed by atoms with Crippen LogP contribution >= 0.6 is 0 Å². The van der Waals surface area contributed by atoms with Crippen LogP contribution in [-0.4, -0.2) is 26.8 Å². The summed E-state index contributed by atoms with van der Waals surface area (Å²) < 4.78 is 7.00. The summed E-state index contributed by atoms with van der Waals surface area (Å²) >= 11 is 0. The number of pyridine rings is 1. The molecule has 3 rings (SSSR count). The molecule has 2 N–H and O–H groups in total. The van der Waals surface area contributed by atoms with Crippen molar-refractivity contribution in [2.24, 2.45) is 0 Å². The zero-order valence-electron chi connectivity index (χ0n) is 13.6. The predicted molar refractivity (Wildman–Crippen MR) is 92.7 cm³/mol. The second kappa shape index (κ2) is 6.62. The Morgan fingerprint density at radius 3 is 2.88 bits per heavy atom. The van der Waals surface area contributed by atoms with Crippen LogP contribution in [0.5, 0.6) is 5.75 Å². The van der Waals surface area contributed by atoms with Gasteiger partial charge in [0.1, 0.15) is 18.2 Å². The van der Waals surface area contributed by atoms with Crippen molar-refractivity contribution in [3.63, 3.8) is 0 Å². The second-order valence-corrected chi connectivity index (χ2v) is 5.83. The van der Waals surface area contributed by atoms with Crippen molar-refractivity contribution in [3.05, 3.63) is 54.4 Å². The molecule has 0 aliphatic rings. The quantitative estimate of drug-likeness (QED) is 0.742. The van der Waals surface area contributed by atoms with Gasteiger partial charge in [0, 0.05) is 23.8 Å². The Kier molecular flexibility index (Phi) is 4.37. The minimum Gasteiger partial charge on any atom is -0.489 e. The molecule has 1 aromatic carbocycles. The summed E-state index contributed by atoms with van der Waals surface area (Å²) in [5.74, 6) is 1.51. The molecular formula is C18H19N3O3. The Morgan fingerprint density at radius 2 is 2.12 bits per heavy atom. The van der Waals surface area contributed by atoms with Crippen LogP contribution in [0.25, 0.3) is 10.9 Å². The van der Waals surface area contributed by atoms with E-state index in [0.717, 1.165) is 16.8 Å². The van der Waals surface area contributed by atoms with Gasteiger partial charge in [-0.05, 0) is 55.8 Å². The number of nitrogens with zero attached hydrogens (tertiary/aromatic N) is 2. The molecule has 6 nitrogen and oxygen atoms in total. The van der Waals surface area contributed by atoms with Gasteiger partial charge in [-0.3, -0.25) is 4.57 Å². The van der Waals surface area contributed by atoms with Gasteiger partial charge in [0.25, 0.3) is 0 Å². The van der Waals surface area contributed by atoms with Crippen LogP contribution in [0.15, 0.2) is 48.8 Å². The van der Waals surface area contributed by atoms with Crippen LogP contribution in [0.3, 0.4) is 0 Å². The maximum atomic E-state index is 11.1. The van der Waals surface area contributed by atoms with E-state index in [2.05, 4.69) is 24.1 Å². The van der Waals surface area contributed by atoms with E-state index in [4.69, 9.17) is 9.84 Å². The molecule has 124 valence electrons. The average Bonchev–Trinajstić information content (AvgIpc) is 2.96. The van der Waals surface area contributed by atoms with Gasteiger partial charge < -0.3 is 15.2 Å². The third-order valence-corrected chi connectivity index (χ3v) is 3.53. The summed E-state index contributed by atoms with van der Waals surface area (Å²) in [7, 11) is 0. The molecular weight excluding hydrogens is 306 g/mol. The molecule has 0 aliphatic heterocycles. The Bertz CT molecular complexity index is 871. The minimum atomic E-state index is -0.999. The first kappa shape index (κ1) is 15.9. The fraction of sp³-hybridized carbons (Fsp3) is 0.222. The summed E-state index contributed by atoms with van der Waals surface area (Å²) in [6.07, 6.45) is 2.28. The normalized spacial score (nSPS) is 11.0. The average molecular weight is 325 g/mol. The van der Waals surface area contributed by atoms with E-state index in [1.165, 1.54) is 10.8 Å². The monoisotopic (exact) mass is 325 g/mol. The fourth-order valence-corrected chi connectivity index (χ4v) is 2.48. The van der Waals surface area contributed by atoms with Gasteiger partial charge in [0.15, 0.2) is 0 Å². The van der Waals surface area contributed by atoms with Gasteiger partial charge in [-0.1, -0.05) is 0 Å². The van der Waals surface area contributed by atoms with E-state index < -0.39 is 6.09 Å². The lowest BCUT2D eigenvalue weighted by atomic mass is 10.2. The van der Waals surface area contributed by atoms with Crippen LogP contribution in [0, 0.1) is 0 Å². The summed E-state index contributed by atoms with van der Waals surface area (Å²) in [5.41, 5.74) is 1.65. The lowest BCUT2D eigenvalue weighted by Crippen LogP contribution is -2.11. The lowest BCUT2D eigenvalue weighted by molar-refractivity contribution is 0.197. The van der Waals surface area contributed by atoms with Crippen LogP contribution in [0.1, 0.15) is 19.4 Å². The summed E-state index contributed by atoms with van der Waals surface area (Å²) in [6, 6.07) is 11.3. The zero-order chi connectivity index (χ0) is 17.1. The second-order valence-electron chi connectivity index (χ2n) is 5.83. The Morgan fingerprint density at radius 1 is 1.29 bits per heavy atom. The number of carboxylic acid groups (broad SMARTS) is 1. The largest absolute Gasteiger partial charge is 0.489 e. The molecule has 24 heavy (non-hydrogen) atoms. The van der Waals surface area contributed by atoms with Gasteiger partial charge in [-0.25, -0.2) is 9.78 Å². The number of anilines is 1. The summed E-state index contributed by atoms with van der Waals surface area (Å²) in [5, 5.41) is 13.2. The third kappa shape index (κ3) is 3.48. The number of hydrogen-bond donors (Lipinski definition) is 2. The van der Waals surface area contributed by atoms with E-state index in [9.17, 15) is 4.79 Å². The number of nitrogens with one attached hydrogen (secondary N) is 1. The van der Waals surface area contributed by atoms with Crippen molar-refractivity contribution in [3.8, 4) is 5.75 Å². The van der Waals surface area contributed by atoms with Crippen molar-refractivity contribution in [2.45, 2.75) is 26.5 Å². The molecule has 6 heteroatoms. The molecule has 0 radical (unpaired) electrons. The highest BCUT2D eigenvalue weighted by Gasteiger charge is 2.08. The molecule has 0 bridgehead atoms. The topological polar surface area (TPSA) is 76.4 Å². The van der Waals surface area contributed by atoms with Crippen LogP contribution in [0.2, 0.25) is 0 Å². The summed E-state index contributed by atoms with van der Waals surface area (Å²) in [6.45, 7) is 4.53. The van der Waals surface area contributed by atoms with Crippen LogP contribution < -0.4 is 10.1 Å². The molecule has 0 spiro atoms. The number of aromatic nitrogens is 2. The Labute approximate surface area is 139 Å². The van der Waals surface area contributed by atoms with Crippen LogP contribution in [0.4, 0.5) is 10.6 Å². The molecule has 3 aromatic rings. The maximum absolute atomic E-state index is 11.1.